The second-order valence-electron chi connectivity index (χ2n) is 6.48. The van der Waals surface area contributed by atoms with E-state index in [1.54, 1.807) is 0 Å². The summed E-state index contributed by atoms with van der Waals surface area (Å²) in [7, 11) is 1.84. The Hall–Kier alpha value is -1.49. The van der Waals surface area contributed by atoms with E-state index in [1.807, 2.05) is 14.0 Å². The van der Waals surface area contributed by atoms with E-state index in [-0.39, 0.29) is 6.04 Å². The summed E-state index contributed by atoms with van der Waals surface area (Å²) < 4.78 is 5.89. The van der Waals surface area contributed by atoms with Crippen molar-refractivity contribution in [2.24, 2.45) is 10.9 Å². The molecule has 122 valence electrons. The molecule has 1 saturated carbocycles. The summed E-state index contributed by atoms with van der Waals surface area (Å²) in [6.45, 7) is 6.18. The lowest BCUT2D eigenvalue weighted by Gasteiger charge is -2.26. The Morgan fingerprint density at radius 2 is 2.09 bits per heavy atom. The first-order valence-electron chi connectivity index (χ1n) is 8.51. The molecule has 5 heteroatoms. The van der Waals surface area contributed by atoms with Crippen LogP contribution in [0.25, 0.3) is 0 Å². The molecule has 22 heavy (non-hydrogen) atoms. The van der Waals surface area contributed by atoms with Crippen LogP contribution in [-0.4, -0.2) is 44.1 Å². The van der Waals surface area contributed by atoms with Crippen LogP contribution in [0.2, 0.25) is 0 Å². The minimum atomic E-state index is 0.288. The lowest BCUT2D eigenvalue weighted by atomic mass is 10.2. The lowest BCUT2D eigenvalue weighted by molar-refractivity contribution is 0.213. The first-order chi connectivity index (χ1) is 10.8. The first kappa shape index (κ1) is 15.4. The van der Waals surface area contributed by atoms with Crippen LogP contribution >= 0.6 is 0 Å². The number of guanidine groups is 1. The molecule has 1 saturated heterocycles. The van der Waals surface area contributed by atoms with Gasteiger partial charge in [-0.25, -0.2) is 0 Å². The van der Waals surface area contributed by atoms with Gasteiger partial charge in [-0.2, -0.15) is 0 Å². The van der Waals surface area contributed by atoms with E-state index in [0.717, 1.165) is 49.6 Å². The zero-order valence-electron chi connectivity index (χ0n) is 13.8. The van der Waals surface area contributed by atoms with Gasteiger partial charge in [-0.05, 0) is 63.7 Å². The fourth-order valence-electron chi connectivity index (χ4n) is 3.07. The van der Waals surface area contributed by atoms with E-state index in [0.29, 0.717) is 0 Å². The summed E-state index contributed by atoms with van der Waals surface area (Å²) in [5.41, 5.74) is 0. The molecule has 0 spiro atoms. The molecule has 0 amide bonds. The maximum Gasteiger partial charge on any atom is 0.191 e. The molecule has 0 bridgehead atoms. The van der Waals surface area contributed by atoms with Crippen LogP contribution in [-0.2, 0) is 0 Å². The number of nitrogens with zero attached hydrogens (tertiary/aromatic N) is 2. The Kier molecular flexibility index (Phi) is 5.03. The molecule has 1 atom stereocenters. The summed E-state index contributed by atoms with van der Waals surface area (Å²) in [6, 6.07) is 4.45. The van der Waals surface area contributed by atoms with Crippen molar-refractivity contribution >= 4 is 5.96 Å². The number of likely N-dealkylation sites (tertiary alicyclic amines) is 1. The third kappa shape index (κ3) is 4.03. The smallest absolute Gasteiger partial charge is 0.191 e. The number of rotatable bonds is 6. The molecular weight excluding hydrogens is 276 g/mol. The molecule has 2 heterocycles. The van der Waals surface area contributed by atoms with Crippen LogP contribution in [0.5, 0.6) is 0 Å². The minimum absolute atomic E-state index is 0.288. The van der Waals surface area contributed by atoms with Crippen molar-refractivity contribution in [1.82, 2.24) is 15.5 Å². The third-order valence-electron chi connectivity index (χ3n) is 4.61. The Morgan fingerprint density at radius 1 is 1.32 bits per heavy atom. The third-order valence-corrected chi connectivity index (χ3v) is 4.61. The molecule has 5 nitrogen and oxygen atoms in total. The Bertz CT molecular complexity index is 501. The van der Waals surface area contributed by atoms with Gasteiger partial charge in [-0.1, -0.05) is 0 Å². The Balaban J connectivity index is 1.58. The molecule has 0 aromatic carbocycles. The number of aliphatic imine (C=N–C) groups is 1. The van der Waals surface area contributed by atoms with E-state index in [4.69, 9.17) is 4.42 Å². The largest absolute Gasteiger partial charge is 0.465 e. The van der Waals surface area contributed by atoms with Crippen LogP contribution in [0, 0.1) is 12.8 Å². The van der Waals surface area contributed by atoms with Crippen LogP contribution in [0.1, 0.15) is 43.2 Å². The van der Waals surface area contributed by atoms with Crippen LogP contribution in [0.15, 0.2) is 21.5 Å². The van der Waals surface area contributed by atoms with Gasteiger partial charge in [-0.15, -0.1) is 0 Å². The quantitative estimate of drug-likeness (QED) is 0.625. The first-order valence-corrected chi connectivity index (χ1v) is 8.51. The van der Waals surface area contributed by atoms with Crippen molar-refractivity contribution in [3.05, 3.63) is 23.7 Å². The fraction of sp³-hybridized carbons (Fsp3) is 0.706. The highest BCUT2D eigenvalue weighted by Gasteiger charge is 2.26. The number of furan rings is 1. The highest BCUT2D eigenvalue weighted by molar-refractivity contribution is 5.79. The molecule has 1 aliphatic heterocycles. The molecule has 2 N–H and O–H groups in total. The predicted molar refractivity (Wildman–Crippen MR) is 89.1 cm³/mol. The Morgan fingerprint density at radius 3 is 2.68 bits per heavy atom. The van der Waals surface area contributed by atoms with E-state index in [1.165, 1.54) is 25.7 Å². The van der Waals surface area contributed by atoms with Gasteiger partial charge in [0.25, 0.3) is 0 Å². The standard InChI is InChI=1S/C17H28N4O/c1-13-5-8-16(22-13)15(21-9-3-4-10-21)12-20-17(18-2)19-11-14-6-7-14/h5,8,14-15H,3-4,6-7,9-12H2,1-2H3,(H2,18,19,20). The zero-order chi connectivity index (χ0) is 15.4. The molecule has 3 rings (SSSR count). The number of hydrogen-bond donors (Lipinski definition) is 2. The molecule has 2 fully saturated rings. The molecule has 1 aromatic heterocycles. The minimum Gasteiger partial charge on any atom is -0.465 e. The van der Waals surface area contributed by atoms with Crippen molar-refractivity contribution in [3.63, 3.8) is 0 Å². The number of hydrogen-bond acceptors (Lipinski definition) is 3. The number of aryl methyl sites for hydroxylation is 1. The summed E-state index contributed by atoms with van der Waals surface area (Å²) in [6.07, 6.45) is 5.27. The van der Waals surface area contributed by atoms with E-state index in [2.05, 4.69) is 32.7 Å². The van der Waals surface area contributed by atoms with Gasteiger partial charge in [-0.3, -0.25) is 9.89 Å². The van der Waals surface area contributed by atoms with Crippen molar-refractivity contribution in [2.75, 3.05) is 33.2 Å². The van der Waals surface area contributed by atoms with Crippen molar-refractivity contribution in [1.29, 1.82) is 0 Å². The topological polar surface area (TPSA) is 52.8 Å². The molecule has 1 aromatic rings. The van der Waals surface area contributed by atoms with Gasteiger partial charge < -0.3 is 15.1 Å². The maximum atomic E-state index is 5.89. The molecule has 1 unspecified atom stereocenters. The van der Waals surface area contributed by atoms with Crippen LogP contribution < -0.4 is 10.6 Å². The van der Waals surface area contributed by atoms with Gasteiger partial charge in [0, 0.05) is 20.1 Å². The highest BCUT2D eigenvalue weighted by Crippen LogP contribution is 2.28. The second-order valence-corrected chi connectivity index (χ2v) is 6.48. The summed E-state index contributed by atoms with van der Waals surface area (Å²) >= 11 is 0. The van der Waals surface area contributed by atoms with Gasteiger partial charge >= 0.3 is 0 Å². The molecule has 0 radical (unpaired) electrons. The average Bonchev–Trinajstić information content (AvgIpc) is 3.00. The van der Waals surface area contributed by atoms with Crippen molar-refractivity contribution in [2.45, 2.75) is 38.6 Å². The van der Waals surface area contributed by atoms with Gasteiger partial charge in [0.1, 0.15) is 11.5 Å². The average molecular weight is 304 g/mol. The van der Waals surface area contributed by atoms with Crippen LogP contribution in [0.4, 0.5) is 0 Å². The SMILES string of the molecule is CN=C(NCC1CC1)NCC(c1ccc(C)o1)N1CCCC1. The molecule has 1 aliphatic carbocycles. The van der Waals surface area contributed by atoms with Gasteiger partial charge in [0.2, 0.25) is 0 Å². The van der Waals surface area contributed by atoms with Gasteiger partial charge in [0.05, 0.1) is 6.04 Å². The maximum absolute atomic E-state index is 5.89. The second kappa shape index (κ2) is 7.18. The zero-order valence-corrected chi connectivity index (χ0v) is 13.8. The molecular formula is C17H28N4O. The Labute approximate surface area is 133 Å². The van der Waals surface area contributed by atoms with Crippen molar-refractivity contribution < 1.29 is 4.42 Å². The normalized spacial score (nSPS) is 21.1. The predicted octanol–water partition coefficient (Wildman–Crippen LogP) is 2.30. The van der Waals surface area contributed by atoms with Crippen molar-refractivity contribution in [3.8, 4) is 0 Å². The van der Waals surface area contributed by atoms with E-state index >= 15 is 0 Å². The lowest BCUT2D eigenvalue weighted by Crippen LogP contribution is -2.43. The molecule has 2 aliphatic rings. The number of nitrogens with one attached hydrogen (secondary N) is 2. The highest BCUT2D eigenvalue weighted by atomic mass is 16.3. The monoisotopic (exact) mass is 304 g/mol. The fourth-order valence-corrected chi connectivity index (χ4v) is 3.07. The van der Waals surface area contributed by atoms with Crippen LogP contribution in [0.3, 0.4) is 0 Å². The summed E-state index contributed by atoms with van der Waals surface area (Å²) in [4.78, 5) is 6.84. The summed E-state index contributed by atoms with van der Waals surface area (Å²) in [5.74, 6) is 3.79. The van der Waals surface area contributed by atoms with E-state index < -0.39 is 0 Å². The summed E-state index contributed by atoms with van der Waals surface area (Å²) in [5, 5.41) is 6.90. The van der Waals surface area contributed by atoms with Gasteiger partial charge in [0.15, 0.2) is 5.96 Å². The van der Waals surface area contributed by atoms with E-state index in [9.17, 15) is 0 Å².